The summed E-state index contributed by atoms with van der Waals surface area (Å²) in [5, 5.41) is 2.82. The number of rotatable bonds is 5. The predicted molar refractivity (Wildman–Crippen MR) is 88.4 cm³/mol. The average Bonchev–Trinajstić information content (AvgIpc) is 2.59. The summed E-state index contributed by atoms with van der Waals surface area (Å²) in [7, 11) is 0. The van der Waals surface area contributed by atoms with Gasteiger partial charge in [0, 0.05) is 26.3 Å². The normalized spacial score (nSPS) is 21.9. The molecular formula is C15H28ClN3O4. The molecule has 8 heteroatoms. The largest absolute Gasteiger partial charge is 0.381 e. The lowest BCUT2D eigenvalue weighted by Crippen LogP contribution is -2.55. The first-order chi connectivity index (χ1) is 10.6. The number of hydrogen-bond acceptors (Lipinski definition) is 5. The molecule has 2 fully saturated rings. The molecule has 0 aromatic heterocycles. The number of nitrogens with one attached hydrogen (secondary N) is 1. The maximum absolute atomic E-state index is 12.5. The van der Waals surface area contributed by atoms with E-state index in [1.54, 1.807) is 4.90 Å². The number of nitrogens with two attached hydrogens (primary N) is 1. The predicted octanol–water partition coefficient (Wildman–Crippen LogP) is -0.0843. The van der Waals surface area contributed by atoms with Crippen LogP contribution in [0, 0.1) is 5.92 Å². The first-order valence-electron chi connectivity index (χ1n) is 8.13. The standard InChI is InChI=1S/C15H27N3O4.ClH/c1-2-12(15(20)18-5-9-22-10-6-18)17-14(19)13(16)11-3-7-21-8-4-11;/h11-13H,2-10,16H2,1H3,(H,17,19);1H. The fraction of sp³-hybridized carbons (Fsp3) is 0.867. The molecular weight excluding hydrogens is 322 g/mol. The highest BCUT2D eigenvalue weighted by molar-refractivity contribution is 5.89. The second-order valence-electron chi connectivity index (χ2n) is 5.88. The molecule has 0 aromatic rings. The van der Waals surface area contributed by atoms with E-state index in [1.165, 1.54) is 0 Å². The number of nitrogens with zero attached hydrogens (tertiary/aromatic N) is 1. The van der Waals surface area contributed by atoms with Crippen molar-refractivity contribution in [2.24, 2.45) is 11.7 Å². The fourth-order valence-corrected chi connectivity index (χ4v) is 2.90. The molecule has 23 heavy (non-hydrogen) atoms. The highest BCUT2D eigenvalue weighted by Crippen LogP contribution is 2.18. The third kappa shape index (κ3) is 5.60. The van der Waals surface area contributed by atoms with E-state index in [-0.39, 0.29) is 30.1 Å². The minimum atomic E-state index is -0.574. The maximum atomic E-state index is 12.5. The molecule has 2 saturated heterocycles. The van der Waals surface area contributed by atoms with Gasteiger partial charge < -0.3 is 25.4 Å². The van der Waals surface area contributed by atoms with Crippen LogP contribution in [0.25, 0.3) is 0 Å². The smallest absolute Gasteiger partial charge is 0.245 e. The third-order valence-electron chi connectivity index (χ3n) is 4.42. The van der Waals surface area contributed by atoms with Gasteiger partial charge in [-0.3, -0.25) is 9.59 Å². The molecule has 134 valence electrons. The number of carbonyl (C=O) groups is 2. The Labute approximate surface area is 143 Å². The summed E-state index contributed by atoms with van der Waals surface area (Å²) in [6.07, 6.45) is 2.15. The van der Waals surface area contributed by atoms with E-state index in [0.29, 0.717) is 45.9 Å². The molecule has 2 heterocycles. The molecule has 0 aromatic carbocycles. The molecule has 2 rings (SSSR count). The first kappa shape index (κ1) is 20.2. The van der Waals surface area contributed by atoms with Crippen LogP contribution < -0.4 is 11.1 Å². The number of halogens is 1. The van der Waals surface area contributed by atoms with Crippen LogP contribution in [0.1, 0.15) is 26.2 Å². The van der Waals surface area contributed by atoms with Crippen molar-refractivity contribution in [2.75, 3.05) is 39.5 Å². The van der Waals surface area contributed by atoms with Crippen molar-refractivity contribution in [1.82, 2.24) is 10.2 Å². The van der Waals surface area contributed by atoms with Crippen LogP contribution in [-0.4, -0.2) is 68.3 Å². The van der Waals surface area contributed by atoms with Crippen LogP contribution in [0.5, 0.6) is 0 Å². The van der Waals surface area contributed by atoms with Crippen molar-refractivity contribution in [3.63, 3.8) is 0 Å². The molecule has 2 atom stereocenters. The van der Waals surface area contributed by atoms with E-state index < -0.39 is 12.1 Å². The molecule has 2 aliphatic rings. The number of amides is 2. The Morgan fingerprint density at radius 3 is 2.30 bits per heavy atom. The van der Waals surface area contributed by atoms with Gasteiger partial charge in [-0.15, -0.1) is 12.4 Å². The Balaban J connectivity index is 0.00000264. The monoisotopic (exact) mass is 349 g/mol. The topological polar surface area (TPSA) is 93.9 Å². The van der Waals surface area contributed by atoms with E-state index in [1.807, 2.05) is 6.92 Å². The fourth-order valence-electron chi connectivity index (χ4n) is 2.90. The summed E-state index contributed by atoms with van der Waals surface area (Å²) in [5.74, 6) is -0.150. The zero-order chi connectivity index (χ0) is 15.9. The Hall–Kier alpha value is -0.890. The summed E-state index contributed by atoms with van der Waals surface area (Å²) in [6, 6.07) is -1.08. The van der Waals surface area contributed by atoms with Crippen LogP contribution in [0.15, 0.2) is 0 Å². The molecule has 0 bridgehead atoms. The first-order valence-corrected chi connectivity index (χ1v) is 8.13. The summed E-state index contributed by atoms with van der Waals surface area (Å²) < 4.78 is 10.5. The summed E-state index contributed by atoms with van der Waals surface area (Å²) >= 11 is 0. The zero-order valence-corrected chi connectivity index (χ0v) is 14.5. The quantitative estimate of drug-likeness (QED) is 0.723. The van der Waals surface area contributed by atoms with Crippen LogP contribution in [0.2, 0.25) is 0 Å². The SMILES string of the molecule is CCC(NC(=O)C(N)C1CCOCC1)C(=O)N1CCOCC1.Cl. The van der Waals surface area contributed by atoms with Crippen LogP contribution >= 0.6 is 12.4 Å². The third-order valence-corrected chi connectivity index (χ3v) is 4.42. The average molecular weight is 350 g/mol. The summed E-state index contributed by atoms with van der Waals surface area (Å²) in [5.41, 5.74) is 6.06. The van der Waals surface area contributed by atoms with E-state index >= 15 is 0 Å². The Morgan fingerprint density at radius 2 is 1.74 bits per heavy atom. The molecule has 0 radical (unpaired) electrons. The molecule has 0 aliphatic carbocycles. The molecule has 7 nitrogen and oxygen atoms in total. The van der Waals surface area contributed by atoms with Gasteiger partial charge in [-0.1, -0.05) is 6.92 Å². The summed E-state index contributed by atoms with van der Waals surface area (Å²) in [6.45, 7) is 5.46. The van der Waals surface area contributed by atoms with E-state index in [0.717, 1.165) is 12.8 Å². The Morgan fingerprint density at radius 1 is 1.17 bits per heavy atom. The van der Waals surface area contributed by atoms with Gasteiger partial charge in [0.1, 0.15) is 6.04 Å². The van der Waals surface area contributed by atoms with Crippen molar-refractivity contribution in [3.05, 3.63) is 0 Å². The number of hydrogen-bond donors (Lipinski definition) is 2. The van der Waals surface area contributed by atoms with E-state index in [4.69, 9.17) is 15.2 Å². The van der Waals surface area contributed by atoms with Crippen LogP contribution in [0.3, 0.4) is 0 Å². The van der Waals surface area contributed by atoms with Gasteiger partial charge in [0.25, 0.3) is 0 Å². The summed E-state index contributed by atoms with van der Waals surface area (Å²) in [4.78, 5) is 26.5. The maximum Gasteiger partial charge on any atom is 0.245 e. The lowest BCUT2D eigenvalue weighted by Gasteiger charge is -2.32. The Kier molecular flexibility index (Phi) is 8.83. The van der Waals surface area contributed by atoms with Crippen molar-refractivity contribution < 1.29 is 19.1 Å². The van der Waals surface area contributed by atoms with E-state index in [9.17, 15) is 9.59 Å². The molecule has 2 unspecified atom stereocenters. The number of morpholine rings is 1. The molecule has 0 saturated carbocycles. The number of ether oxygens (including phenoxy) is 2. The highest BCUT2D eigenvalue weighted by Gasteiger charge is 2.31. The van der Waals surface area contributed by atoms with Gasteiger partial charge in [-0.2, -0.15) is 0 Å². The van der Waals surface area contributed by atoms with Crippen molar-refractivity contribution in [2.45, 2.75) is 38.3 Å². The minimum Gasteiger partial charge on any atom is -0.381 e. The van der Waals surface area contributed by atoms with Gasteiger partial charge >= 0.3 is 0 Å². The lowest BCUT2D eigenvalue weighted by atomic mass is 9.91. The van der Waals surface area contributed by atoms with Crippen LogP contribution in [0.4, 0.5) is 0 Å². The second kappa shape index (κ2) is 10.1. The van der Waals surface area contributed by atoms with Gasteiger partial charge in [0.2, 0.25) is 11.8 Å². The second-order valence-corrected chi connectivity index (χ2v) is 5.88. The molecule has 2 amide bonds. The van der Waals surface area contributed by atoms with Crippen molar-refractivity contribution >= 4 is 24.2 Å². The molecule has 3 N–H and O–H groups in total. The van der Waals surface area contributed by atoms with Crippen LogP contribution in [-0.2, 0) is 19.1 Å². The van der Waals surface area contributed by atoms with Gasteiger partial charge in [0.15, 0.2) is 0 Å². The van der Waals surface area contributed by atoms with E-state index in [2.05, 4.69) is 5.32 Å². The number of carbonyl (C=O) groups excluding carboxylic acids is 2. The highest BCUT2D eigenvalue weighted by atomic mass is 35.5. The van der Waals surface area contributed by atoms with Gasteiger partial charge in [-0.05, 0) is 25.2 Å². The Bertz CT molecular complexity index is 385. The van der Waals surface area contributed by atoms with Crippen molar-refractivity contribution in [1.29, 1.82) is 0 Å². The van der Waals surface area contributed by atoms with Gasteiger partial charge in [0.05, 0.1) is 19.3 Å². The minimum absolute atomic E-state index is 0. The molecule has 2 aliphatic heterocycles. The van der Waals surface area contributed by atoms with Crippen molar-refractivity contribution in [3.8, 4) is 0 Å². The zero-order valence-electron chi connectivity index (χ0n) is 13.7. The lowest BCUT2D eigenvalue weighted by molar-refractivity contribution is -0.140. The van der Waals surface area contributed by atoms with Gasteiger partial charge in [-0.25, -0.2) is 0 Å². The molecule has 0 spiro atoms.